The molecule has 0 spiro atoms. The Hall–Kier alpha value is -2.75. The molecule has 0 fully saturated rings. The lowest BCUT2D eigenvalue weighted by molar-refractivity contribution is 0.304. The maximum atomic E-state index is 12.7. The molecule has 0 unspecified atom stereocenters. The normalized spacial score (nSPS) is 11.0. The van der Waals surface area contributed by atoms with E-state index in [1.165, 1.54) is 38.4 Å². The molecule has 0 radical (unpaired) electrons. The Morgan fingerprint density at radius 3 is 2.48 bits per heavy atom. The highest BCUT2D eigenvalue weighted by atomic mass is 16.5. The van der Waals surface area contributed by atoms with Crippen molar-refractivity contribution in [2.45, 2.75) is 45.4 Å². The lowest BCUT2D eigenvalue weighted by atomic mass is 10.1. The van der Waals surface area contributed by atoms with Crippen molar-refractivity contribution in [1.29, 1.82) is 0 Å². The van der Waals surface area contributed by atoms with Gasteiger partial charge in [-0.1, -0.05) is 51.2 Å². The molecule has 1 heterocycles. The zero-order valence-electron chi connectivity index (χ0n) is 15.7. The maximum Gasteiger partial charge on any atom is 0.200 e. The van der Waals surface area contributed by atoms with Crippen LogP contribution in [-0.2, 0) is 0 Å². The van der Waals surface area contributed by atoms with Gasteiger partial charge >= 0.3 is 0 Å². The molecule has 4 nitrogen and oxygen atoms in total. The number of unbranched alkanes of at least 4 members (excludes halogenated alkanes) is 5. The Bertz CT molecular complexity index is 925. The molecule has 27 heavy (non-hydrogen) atoms. The van der Waals surface area contributed by atoms with Gasteiger partial charge in [0.05, 0.1) is 17.6 Å². The molecule has 0 saturated heterocycles. The highest BCUT2D eigenvalue weighted by Crippen LogP contribution is 2.24. The van der Waals surface area contributed by atoms with Crippen LogP contribution >= 0.6 is 0 Å². The van der Waals surface area contributed by atoms with Crippen LogP contribution in [0.15, 0.2) is 57.9 Å². The van der Waals surface area contributed by atoms with Crippen LogP contribution in [0.2, 0.25) is 0 Å². The summed E-state index contributed by atoms with van der Waals surface area (Å²) in [5.74, 6) is 0.882. The second-order valence-corrected chi connectivity index (χ2v) is 6.80. The molecule has 1 aromatic heterocycles. The first-order chi connectivity index (χ1) is 13.2. The molecule has 4 heteroatoms. The van der Waals surface area contributed by atoms with Gasteiger partial charge in [-0.2, -0.15) is 0 Å². The van der Waals surface area contributed by atoms with Crippen molar-refractivity contribution in [1.82, 2.24) is 0 Å². The summed E-state index contributed by atoms with van der Waals surface area (Å²) in [6, 6.07) is 11.8. The van der Waals surface area contributed by atoms with Gasteiger partial charge in [0, 0.05) is 6.07 Å². The average molecular weight is 366 g/mol. The van der Waals surface area contributed by atoms with E-state index in [9.17, 15) is 9.90 Å². The molecule has 0 aliphatic rings. The minimum Gasteiger partial charge on any atom is -0.508 e. The number of benzene rings is 2. The maximum absolute atomic E-state index is 12.7. The third-order valence-electron chi connectivity index (χ3n) is 4.69. The van der Waals surface area contributed by atoms with Gasteiger partial charge in [-0.05, 0) is 36.2 Å². The minimum absolute atomic E-state index is 0.0931. The van der Waals surface area contributed by atoms with Gasteiger partial charge in [0.15, 0.2) is 5.43 Å². The molecule has 0 aliphatic heterocycles. The lowest BCUT2D eigenvalue weighted by Gasteiger charge is -2.08. The van der Waals surface area contributed by atoms with Crippen LogP contribution in [0.5, 0.6) is 11.5 Å². The first-order valence-electron chi connectivity index (χ1n) is 9.67. The van der Waals surface area contributed by atoms with Crippen LogP contribution in [0.3, 0.4) is 0 Å². The van der Waals surface area contributed by atoms with Crippen LogP contribution in [0.4, 0.5) is 0 Å². The van der Waals surface area contributed by atoms with Crippen molar-refractivity contribution >= 4 is 11.0 Å². The smallest absolute Gasteiger partial charge is 0.200 e. The molecule has 0 aliphatic carbocycles. The molecule has 0 amide bonds. The highest BCUT2D eigenvalue weighted by Gasteiger charge is 2.10. The number of ether oxygens (including phenoxy) is 1. The summed E-state index contributed by atoms with van der Waals surface area (Å²) in [4.78, 5) is 12.7. The summed E-state index contributed by atoms with van der Waals surface area (Å²) in [7, 11) is 0. The van der Waals surface area contributed by atoms with Crippen LogP contribution < -0.4 is 10.2 Å². The van der Waals surface area contributed by atoms with E-state index in [1.807, 2.05) is 6.07 Å². The fourth-order valence-corrected chi connectivity index (χ4v) is 3.11. The number of rotatable bonds is 9. The number of hydrogen-bond acceptors (Lipinski definition) is 4. The molecule has 142 valence electrons. The second kappa shape index (κ2) is 9.26. The molecular formula is C23H26O4. The molecular weight excluding hydrogens is 340 g/mol. The third-order valence-corrected chi connectivity index (χ3v) is 4.69. The lowest BCUT2D eigenvalue weighted by Crippen LogP contribution is -2.05. The quantitative estimate of drug-likeness (QED) is 0.479. The second-order valence-electron chi connectivity index (χ2n) is 6.80. The molecule has 1 N–H and O–H groups in total. The van der Waals surface area contributed by atoms with Crippen LogP contribution in [0.25, 0.3) is 22.1 Å². The number of fused-ring (bicyclic) bond motifs is 1. The predicted octanol–water partition coefficient (Wildman–Crippen LogP) is 5.90. The third kappa shape index (κ3) is 4.91. The first-order valence-corrected chi connectivity index (χ1v) is 9.67. The van der Waals surface area contributed by atoms with Gasteiger partial charge in [0.25, 0.3) is 0 Å². The van der Waals surface area contributed by atoms with Crippen LogP contribution in [0.1, 0.15) is 45.4 Å². The monoisotopic (exact) mass is 366 g/mol. The van der Waals surface area contributed by atoms with Crippen molar-refractivity contribution in [2.24, 2.45) is 0 Å². The summed E-state index contributed by atoms with van der Waals surface area (Å²) >= 11 is 0. The van der Waals surface area contributed by atoms with E-state index in [0.717, 1.165) is 12.2 Å². The standard InChI is InChI=1S/C23H26O4/c1-2-3-4-5-6-7-14-26-19-12-13-20-22(15-19)27-16-21(23(20)25)17-8-10-18(24)11-9-17/h8-13,15-16,24H,2-7,14H2,1H3. The van der Waals surface area contributed by atoms with Crippen molar-refractivity contribution < 1.29 is 14.3 Å². The minimum atomic E-state index is -0.0931. The van der Waals surface area contributed by atoms with E-state index >= 15 is 0 Å². The zero-order valence-corrected chi connectivity index (χ0v) is 15.7. The van der Waals surface area contributed by atoms with E-state index in [1.54, 1.807) is 36.4 Å². The first kappa shape index (κ1) is 19.0. The van der Waals surface area contributed by atoms with Crippen molar-refractivity contribution in [2.75, 3.05) is 6.61 Å². The topological polar surface area (TPSA) is 59.7 Å². The number of phenols is 1. The van der Waals surface area contributed by atoms with Gasteiger partial charge in [0.1, 0.15) is 23.3 Å². The molecule has 3 rings (SSSR count). The van der Waals surface area contributed by atoms with Gasteiger partial charge in [0.2, 0.25) is 0 Å². The van der Waals surface area contributed by atoms with E-state index in [-0.39, 0.29) is 11.2 Å². The van der Waals surface area contributed by atoms with E-state index in [0.29, 0.717) is 28.7 Å². The summed E-state index contributed by atoms with van der Waals surface area (Å²) < 4.78 is 11.5. The predicted molar refractivity (Wildman–Crippen MR) is 108 cm³/mol. The van der Waals surface area contributed by atoms with Crippen LogP contribution in [-0.4, -0.2) is 11.7 Å². The fourth-order valence-electron chi connectivity index (χ4n) is 3.11. The number of aromatic hydroxyl groups is 1. The van der Waals surface area contributed by atoms with Gasteiger partial charge in [-0.3, -0.25) is 4.79 Å². The Morgan fingerprint density at radius 1 is 0.963 bits per heavy atom. The van der Waals surface area contributed by atoms with E-state index < -0.39 is 0 Å². The molecule has 2 aromatic carbocycles. The summed E-state index contributed by atoms with van der Waals surface area (Å²) in [5.41, 5.74) is 1.61. The highest BCUT2D eigenvalue weighted by molar-refractivity contribution is 5.82. The van der Waals surface area contributed by atoms with Gasteiger partial charge in [-0.25, -0.2) is 0 Å². The SMILES string of the molecule is CCCCCCCCOc1ccc2c(=O)c(-c3ccc(O)cc3)coc2c1. The summed E-state index contributed by atoms with van der Waals surface area (Å²) in [5, 5.41) is 9.92. The number of hydrogen-bond donors (Lipinski definition) is 1. The Morgan fingerprint density at radius 2 is 1.70 bits per heavy atom. The Kier molecular flexibility index (Phi) is 6.53. The molecule has 0 bridgehead atoms. The molecule has 0 atom stereocenters. The van der Waals surface area contributed by atoms with E-state index in [2.05, 4.69) is 6.92 Å². The van der Waals surface area contributed by atoms with Crippen molar-refractivity contribution in [3.05, 3.63) is 59.0 Å². The van der Waals surface area contributed by atoms with Gasteiger partial charge in [-0.15, -0.1) is 0 Å². The van der Waals surface area contributed by atoms with Crippen molar-refractivity contribution in [3.63, 3.8) is 0 Å². The zero-order chi connectivity index (χ0) is 19.1. The Balaban J connectivity index is 1.67. The largest absolute Gasteiger partial charge is 0.508 e. The van der Waals surface area contributed by atoms with Gasteiger partial charge < -0.3 is 14.3 Å². The van der Waals surface area contributed by atoms with Crippen LogP contribution in [0, 0.1) is 0 Å². The van der Waals surface area contributed by atoms with Crippen molar-refractivity contribution in [3.8, 4) is 22.6 Å². The average Bonchev–Trinajstić information content (AvgIpc) is 2.68. The fraction of sp³-hybridized carbons (Fsp3) is 0.348. The molecule has 0 saturated carbocycles. The van der Waals surface area contributed by atoms with E-state index in [4.69, 9.17) is 9.15 Å². The number of phenolic OH excluding ortho intramolecular Hbond substituents is 1. The summed E-state index contributed by atoms with van der Waals surface area (Å²) in [6.07, 6.45) is 8.79. The molecule has 3 aromatic rings. The summed E-state index contributed by atoms with van der Waals surface area (Å²) in [6.45, 7) is 2.89. The Labute approximate surface area is 159 Å².